The molecule has 4 rings (SSSR count). The molecule has 1 aliphatic heterocycles. The second-order valence-corrected chi connectivity index (χ2v) is 31.8. The van der Waals surface area contributed by atoms with Gasteiger partial charge in [-0.1, -0.05) is 13.8 Å². The number of nitrogens with one attached hydrogen (secondary N) is 10. The summed E-state index contributed by atoms with van der Waals surface area (Å²) in [6.07, 6.45) is -32.7. The van der Waals surface area contributed by atoms with E-state index in [1.54, 1.807) is 6.92 Å². The number of imide groups is 1. The quantitative estimate of drug-likeness (QED) is 0.0184. The van der Waals surface area contributed by atoms with Crippen LogP contribution in [-0.2, 0) is 83.1 Å². The number of hydrogen-bond donors (Lipinski definition) is 28. The number of carboxylic acids is 2. The molecule has 0 radical (unpaired) electrons. The van der Waals surface area contributed by atoms with Crippen LogP contribution < -0.4 is 59.1 Å². The summed E-state index contributed by atoms with van der Waals surface area (Å²) in [7, 11) is 0. The number of carbonyl (C=O) groups excluding carboxylic acids is 13. The first-order valence-corrected chi connectivity index (χ1v) is 42.9. The van der Waals surface area contributed by atoms with Crippen molar-refractivity contribution in [2.45, 2.75) is 226 Å². The molecule has 1 fully saturated rings. The van der Waals surface area contributed by atoms with E-state index in [1.807, 2.05) is 0 Å². The van der Waals surface area contributed by atoms with Crippen molar-refractivity contribution in [2.24, 2.45) is 17.8 Å². The van der Waals surface area contributed by atoms with Crippen molar-refractivity contribution >= 4 is 123 Å². The lowest BCUT2D eigenvalue weighted by molar-refractivity contribution is -0.142. The first-order chi connectivity index (χ1) is 61.5. The Morgan fingerprint density at radius 3 is 1.41 bits per heavy atom. The van der Waals surface area contributed by atoms with Gasteiger partial charge in [0.25, 0.3) is 11.5 Å². The zero-order valence-corrected chi connectivity index (χ0v) is 72.5. The van der Waals surface area contributed by atoms with Crippen molar-refractivity contribution in [3.05, 3.63) is 52.1 Å². The number of H-pyrrole nitrogens is 1. The summed E-state index contributed by atoms with van der Waals surface area (Å²) < 4.78 is 10.5. The molecular weight excluding hydrogens is 1750 g/mol. The van der Waals surface area contributed by atoms with E-state index in [2.05, 4.69) is 67.8 Å². The van der Waals surface area contributed by atoms with E-state index in [1.165, 1.54) is 44.3 Å². The number of aliphatic carboxylic acids is 2. The number of amides is 10. The molecule has 1 unspecified atom stereocenters. The molecule has 29 N–H and O–H groups in total. The van der Waals surface area contributed by atoms with Gasteiger partial charge >= 0.3 is 11.9 Å². The van der Waals surface area contributed by atoms with Crippen LogP contribution in [0.2, 0.25) is 0 Å². The molecule has 130 heavy (non-hydrogen) atoms. The molecule has 0 aliphatic carbocycles. The van der Waals surface area contributed by atoms with Crippen molar-refractivity contribution in [2.75, 3.05) is 95.8 Å². The molecule has 1 aromatic carbocycles. The number of likely N-dealkylation sites (tertiary alicyclic amines) is 1. The highest BCUT2D eigenvalue weighted by molar-refractivity contribution is 8.00. The van der Waals surface area contributed by atoms with Crippen LogP contribution in [0.25, 0.3) is 11.2 Å². The maximum atomic E-state index is 14.8. The highest BCUT2D eigenvalue weighted by atomic mass is 32.2. The summed E-state index contributed by atoms with van der Waals surface area (Å²) >= 11 is 0.645. The van der Waals surface area contributed by atoms with Crippen LogP contribution in [0.1, 0.15) is 133 Å². The molecule has 1 saturated heterocycles. The van der Waals surface area contributed by atoms with Gasteiger partial charge in [0.2, 0.25) is 59.1 Å². The average Bonchev–Trinajstić information content (AvgIpc) is 0.978. The Hall–Kier alpha value is -10.4. The number of benzene rings is 1. The third-order valence-electron chi connectivity index (χ3n) is 20.8. The summed E-state index contributed by atoms with van der Waals surface area (Å²) in [6.45, 7) is -0.114. The molecule has 3 aromatic rings. The Labute approximate surface area is 747 Å². The van der Waals surface area contributed by atoms with Gasteiger partial charge in [0.15, 0.2) is 22.7 Å². The highest BCUT2D eigenvalue weighted by Crippen LogP contribution is 2.28. The van der Waals surface area contributed by atoms with Gasteiger partial charge in [0.05, 0.1) is 93.7 Å². The lowest BCUT2D eigenvalue weighted by atomic mass is 9.89. The van der Waals surface area contributed by atoms with Gasteiger partial charge in [0, 0.05) is 132 Å². The third-order valence-corrected chi connectivity index (χ3v) is 22.1. The number of ether oxygens (including phenoxy) is 2. The van der Waals surface area contributed by atoms with Gasteiger partial charge in [-0.2, -0.15) is 4.98 Å². The topological polar surface area (TPSA) is 827 Å². The number of ketones is 3. The number of rotatable bonds is 66. The number of carbonyl (C=O) groups is 15. The fourth-order valence-corrected chi connectivity index (χ4v) is 14.0. The Bertz CT molecular complexity index is 4290. The smallest absolute Gasteiger partial charge is 0.327 e. The van der Waals surface area contributed by atoms with Gasteiger partial charge < -0.3 is 150 Å². The minimum Gasteiger partial charge on any atom is -0.480 e. The maximum absolute atomic E-state index is 14.8. The molecular formula is C79H121N15O35S. The molecule has 0 saturated carbocycles. The third kappa shape index (κ3) is 37.8. The average molecular weight is 1870 g/mol. The highest BCUT2D eigenvalue weighted by Gasteiger charge is 2.42. The van der Waals surface area contributed by atoms with Crippen molar-refractivity contribution in [3.8, 4) is 0 Å². The van der Waals surface area contributed by atoms with E-state index in [9.17, 15) is 164 Å². The summed E-state index contributed by atoms with van der Waals surface area (Å²) in [5, 5.41) is 191. The predicted octanol–water partition coefficient (Wildman–Crippen LogP) is -10.6. The Balaban J connectivity index is 1.63. The number of Topliss-reactive ketones (excluding diaryl/α,β-unsaturated/α-hetero) is 3. The van der Waals surface area contributed by atoms with E-state index in [0.717, 1.165) is 4.90 Å². The molecule has 2 aromatic heterocycles. The molecule has 20 atom stereocenters. The van der Waals surface area contributed by atoms with Crippen LogP contribution in [0.4, 0.5) is 11.6 Å². The largest absolute Gasteiger partial charge is 0.480 e. The Morgan fingerprint density at radius 1 is 0.523 bits per heavy atom. The Kier molecular flexibility index (Phi) is 49.6. The van der Waals surface area contributed by atoms with Crippen LogP contribution in [0.3, 0.4) is 0 Å². The minimum atomic E-state index is -2.17. The number of nitrogen functional groups attached to an aromatic ring is 1. The number of aliphatic hydroxyl groups excluding tert-OH is 15. The number of anilines is 2. The van der Waals surface area contributed by atoms with Crippen molar-refractivity contribution < 1.29 is 168 Å². The number of nitrogens with zero attached hydrogens (tertiary/aromatic N) is 4. The van der Waals surface area contributed by atoms with Crippen LogP contribution in [0, 0.1) is 17.8 Å². The summed E-state index contributed by atoms with van der Waals surface area (Å²) in [6, 6.07) is -1.40. The van der Waals surface area contributed by atoms with Crippen molar-refractivity contribution in [1.82, 2.24) is 67.4 Å². The van der Waals surface area contributed by atoms with E-state index in [-0.39, 0.29) is 74.8 Å². The SMILES string of the molecule is CCOCCOCCNC(=O)CCN1C(=O)CC(SC[C@@H](NC(=O)[C@H](CCC(=O)NC[C@H](O)[C@@H](O)[C@H](O)[C@H](O)CO)CC(=O)[C@@H](CC)NC(=O)[C@H](CCC(=O)NC[C@H](O)[C@@H](O)[C@H](O)[C@H](O)CO)CC(=O)[C@@H](CC)NC(=O)[C@H](CCC(=O)NC[C@H](O)[C@@H](O)[C@H](O)[C@H](O)CO)CC(=O)CC[C@H](NC(=O)c2ccc(NCc3cnc4nc(N)[nH]c(=O)c4n3)cc2)C(=O)O)C(=O)O)C1=O. The molecule has 0 spiro atoms. The fourth-order valence-electron chi connectivity index (χ4n) is 12.8. The van der Waals surface area contributed by atoms with Crippen molar-refractivity contribution in [1.29, 1.82) is 0 Å². The lowest BCUT2D eigenvalue weighted by Crippen LogP contribution is -2.50. The number of fused-ring (bicyclic) bond motifs is 1. The molecule has 3 heterocycles. The molecule has 0 bridgehead atoms. The van der Waals surface area contributed by atoms with Gasteiger partial charge in [-0.3, -0.25) is 77.0 Å². The van der Waals surface area contributed by atoms with Crippen molar-refractivity contribution in [3.63, 3.8) is 0 Å². The van der Waals surface area contributed by atoms with Gasteiger partial charge in [0.1, 0.15) is 72.8 Å². The van der Waals surface area contributed by atoms with E-state index < -0.39 is 337 Å². The first kappa shape index (κ1) is 112. The number of aromatic amines is 1. The minimum absolute atomic E-state index is 0.00222. The van der Waals surface area contributed by atoms with E-state index >= 15 is 0 Å². The molecule has 51 heteroatoms. The van der Waals surface area contributed by atoms with Gasteiger partial charge in [-0.15, -0.1) is 11.8 Å². The van der Waals surface area contributed by atoms with E-state index in [4.69, 9.17) is 15.2 Å². The normalized spacial score (nSPS) is 17.2. The second kappa shape index (κ2) is 57.7. The molecule has 728 valence electrons. The lowest BCUT2D eigenvalue weighted by Gasteiger charge is -2.26. The molecule has 1 aliphatic rings. The number of aromatic nitrogens is 4. The number of nitrogens with two attached hydrogens (primary N) is 1. The first-order valence-electron chi connectivity index (χ1n) is 41.8. The fraction of sp³-hybridized carbons (Fsp3) is 0.658. The zero-order valence-electron chi connectivity index (χ0n) is 71.7. The predicted molar refractivity (Wildman–Crippen MR) is 450 cm³/mol. The standard InChI is InChI=1S/C79H121N15O35S/c1-4-45(88-72(119)39(9-16-58(107)83-31-51(101)64(112)67(115)54(104)34-95)25-44(98)14-15-47(77(124)125)90-71(118)38-7-12-42(13-8-38)82-29-43-30-86-70-63(87-43)75(122)93-79(80)92-70)49(99)26-40(10-17-59(108)84-32-52(102)65(113)68(116)55(105)35-96)73(120)89-46(5-2)50(100)27-41(11-18-60(109)85-33-53(103)66(114)69(117)56(106)36-97)74(121)91-48(78(126)127)37-130-57-28-62(111)94(76(57)123)21-19-61(110)81-20-22-129-24-23-128-6-3/h7-8,12-13,30,39-41,45-48,51-57,64-69,82,95-97,101-106,112-117H,4-6,9-11,14-29,31-37H2,1-3H3,(H,81,110)(H,83,107)(H,84,108)(H,85,109)(H,88,119)(H,89,120)(H,90,118)(H,91,121)(H,124,125)(H,126,127)(H3,80,86,92,93,122)/t39-,40-,41-,45-,46-,47+,48-,51+,52+,53+,54-,55-,56-,57?,64-,65-,66-,67-,68-,69-/m1/s1. The van der Waals surface area contributed by atoms with Crippen LogP contribution in [-0.4, -0.2) is 387 Å². The summed E-state index contributed by atoms with van der Waals surface area (Å²) in [5.41, 5.74) is 5.57. The summed E-state index contributed by atoms with van der Waals surface area (Å²) in [4.78, 5) is 233. The van der Waals surface area contributed by atoms with Crippen LogP contribution in [0.15, 0.2) is 35.3 Å². The van der Waals surface area contributed by atoms with Crippen LogP contribution in [0.5, 0.6) is 0 Å². The van der Waals surface area contributed by atoms with Gasteiger partial charge in [-0.05, 0) is 69.7 Å². The number of aliphatic hydroxyl groups is 15. The number of hydrogen-bond acceptors (Lipinski definition) is 39. The van der Waals surface area contributed by atoms with Gasteiger partial charge in [-0.25, -0.2) is 19.6 Å². The number of carboxylic acid groups (broad SMARTS) is 2. The Morgan fingerprint density at radius 2 is 0.962 bits per heavy atom. The molecule has 50 nitrogen and oxygen atoms in total. The molecule has 10 amide bonds. The summed E-state index contributed by atoms with van der Waals surface area (Å²) in [5.74, 6) is -21.4. The van der Waals surface area contributed by atoms with Crippen LogP contribution >= 0.6 is 11.8 Å². The second-order valence-electron chi connectivity index (χ2n) is 30.6. The zero-order chi connectivity index (χ0) is 97.2. The number of thioether (sulfide) groups is 1. The monoisotopic (exact) mass is 1870 g/mol. The maximum Gasteiger partial charge on any atom is 0.327 e. The van der Waals surface area contributed by atoms with E-state index in [0.29, 0.717) is 36.4 Å².